The number of amides is 1. The first-order valence-corrected chi connectivity index (χ1v) is 6.48. The van der Waals surface area contributed by atoms with Gasteiger partial charge in [0.1, 0.15) is 6.54 Å². The van der Waals surface area contributed by atoms with Crippen LogP contribution in [0.25, 0.3) is 0 Å². The summed E-state index contributed by atoms with van der Waals surface area (Å²) in [6, 6.07) is 0. The zero-order chi connectivity index (χ0) is 13.4. The van der Waals surface area contributed by atoms with Crippen molar-refractivity contribution in [3.05, 3.63) is 11.9 Å². The number of aromatic nitrogens is 3. The van der Waals surface area contributed by atoms with Crippen molar-refractivity contribution in [3.63, 3.8) is 0 Å². The number of carbonyl (C=O) groups excluding carboxylic acids is 1. The van der Waals surface area contributed by atoms with Gasteiger partial charge in [-0.1, -0.05) is 19.1 Å². The monoisotopic (exact) mass is 254 g/mol. The molecule has 18 heavy (non-hydrogen) atoms. The number of nitrogens with zero attached hydrogens (tertiary/aromatic N) is 4. The van der Waals surface area contributed by atoms with E-state index in [1.165, 1.54) is 4.68 Å². The van der Waals surface area contributed by atoms with Crippen molar-refractivity contribution >= 4 is 5.91 Å². The van der Waals surface area contributed by atoms with Gasteiger partial charge in [-0.15, -0.1) is 5.10 Å². The lowest BCUT2D eigenvalue weighted by molar-refractivity contribution is -0.132. The molecule has 0 radical (unpaired) electrons. The SMILES string of the molecule is CCCN(CCC)C(=O)Cn1cc(CCO)nn1. The molecule has 0 saturated carbocycles. The standard InChI is InChI=1S/C12H22N4O2/c1-3-6-15(7-4-2)12(18)10-16-9-11(5-8-17)13-14-16/h9,17H,3-8,10H2,1-2H3. The van der Waals surface area contributed by atoms with Gasteiger partial charge in [0, 0.05) is 32.3 Å². The van der Waals surface area contributed by atoms with E-state index in [-0.39, 0.29) is 19.1 Å². The van der Waals surface area contributed by atoms with Crippen molar-refractivity contribution in [1.82, 2.24) is 19.9 Å². The van der Waals surface area contributed by atoms with Crippen molar-refractivity contribution in [1.29, 1.82) is 0 Å². The van der Waals surface area contributed by atoms with Gasteiger partial charge in [0.2, 0.25) is 5.91 Å². The number of hydrogen-bond acceptors (Lipinski definition) is 4. The molecule has 1 amide bonds. The van der Waals surface area contributed by atoms with Crippen LogP contribution >= 0.6 is 0 Å². The molecule has 0 bridgehead atoms. The average molecular weight is 254 g/mol. The lowest BCUT2D eigenvalue weighted by Gasteiger charge is -2.21. The second-order valence-corrected chi connectivity index (χ2v) is 4.26. The van der Waals surface area contributed by atoms with Crippen LogP contribution in [0.4, 0.5) is 0 Å². The van der Waals surface area contributed by atoms with E-state index in [0.717, 1.165) is 25.9 Å². The highest BCUT2D eigenvalue weighted by molar-refractivity contribution is 5.75. The maximum absolute atomic E-state index is 12.0. The molecule has 0 saturated heterocycles. The minimum Gasteiger partial charge on any atom is -0.396 e. The molecule has 1 aromatic heterocycles. The summed E-state index contributed by atoms with van der Waals surface area (Å²) in [5.74, 6) is 0.0687. The third-order valence-corrected chi connectivity index (χ3v) is 2.59. The zero-order valence-corrected chi connectivity index (χ0v) is 11.2. The molecule has 6 heteroatoms. The van der Waals surface area contributed by atoms with Crippen molar-refractivity contribution in [2.75, 3.05) is 19.7 Å². The van der Waals surface area contributed by atoms with Crippen LogP contribution in [0.1, 0.15) is 32.4 Å². The highest BCUT2D eigenvalue weighted by atomic mass is 16.3. The van der Waals surface area contributed by atoms with Gasteiger partial charge in [-0.2, -0.15) is 0 Å². The van der Waals surface area contributed by atoms with Crippen LogP contribution in [0.5, 0.6) is 0 Å². The molecule has 6 nitrogen and oxygen atoms in total. The van der Waals surface area contributed by atoms with Gasteiger partial charge in [0.25, 0.3) is 0 Å². The quantitative estimate of drug-likeness (QED) is 0.731. The van der Waals surface area contributed by atoms with Crippen LogP contribution in [0.15, 0.2) is 6.20 Å². The Morgan fingerprint density at radius 3 is 2.61 bits per heavy atom. The Bertz CT molecular complexity index is 359. The van der Waals surface area contributed by atoms with Gasteiger partial charge in [0.05, 0.1) is 5.69 Å². The second-order valence-electron chi connectivity index (χ2n) is 4.26. The molecule has 0 spiro atoms. The van der Waals surface area contributed by atoms with E-state index < -0.39 is 0 Å². The first-order valence-electron chi connectivity index (χ1n) is 6.48. The van der Waals surface area contributed by atoms with Crippen LogP contribution in [0.2, 0.25) is 0 Å². The first-order chi connectivity index (χ1) is 8.71. The summed E-state index contributed by atoms with van der Waals surface area (Å²) in [5, 5.41) is 16.6. The van der Waals surface area contributed by atoms with Gasteiger partial charge >= 0.3 is 0 Å². The summed E-state index contributed by atoms with van der Waals surface area (Å²) in [6.45, 7) is 5.95. The second kappa shape index (κ2) is 7.81. The molecule has 0 atom stereocenters. The minimum absolute atomic E-state index is 0.0461. The molecule has 1 rings (SSSR count). The number of aliphatic hydroxyl groups excluding tert-OH is 1. The number of hydrogen-bond donors (Lipinski definition) is 1. The highest BCUT2D eigenvalue weighted by Gasteiger charge is 2.13. The highest BCUT2D eigenvalue weighted by Crippen LogP contribution is 1.99. The Balaban J connectivity index is 2.55. The third kappa shape index (κ3) is 4.44. The van der Waals surface area contributed by atoms with E-state index in [1.807, 2.05) is 4.90 Å². The van der Waals surface area contributed by atoms with Gasteiger partial charge in [-0.3, -0.25) is 4.79 Å². The maximum atomic E-state index is 12.0. The van der Waals surface area contributed by atoms with E-state index in [9.17, 15) is 4.79 Å². The van der Waals surface area contributed by atoms with Crippen LogP contribution in [-0.4, -0.2) is 50.6 Å². The Labute approximate surface area is 108 Å². The van der Waals surface area contributed by atoms with Crippen LogP contribution in [-0.2, 0) is 17.8 Å². The smallest absolute Gasteiger partial charge is 0.244 e. The molecule has 0 aromatic carbocycles. The van der Waals surface area contributed by atoms with E-state index in [1.54, 1.807) is 6.20 Å². The van der Waals surface area contributed by atoms with Crippen LogP contribution < -0.4 is 0 Å². The Kier molecular flexibility index (Phi) is 6.35. The average Bonchev–Trinajstić information content (AvgIpc) is 2.77. The molecule has 102 valence electrons. The minimum atomic E-state index is 0.0461. The predicted octanol–water partition coefficient (Wildman–Crippen LogP) is 0.461. The lowest BCUT2D eigenvalue weighted by Crippen LogP contribution is -2.35. The van der Waals surface area contributed by atoms with E-state index >= 15 is 0 Å². The molecular weight excluding hydrogens is 232 g/mol. The summed E-state index contributed by atoms with van der Waals surface area (Å²) in [4.78, 5) is 13.9. The summed E-state index contributed by atoms with van der Waals surface area (Å²) in [5.41, 5.74) is 0.711. The fourth-order valence-corrected chi connectivity index (χ4v) is 1.78. The lowest BCUT2D eigenvalue weighted by atomic mass is 10.3. The molecule has 1 N–H and O–H groups in total. The number of aliphatic hydroxyl groups is 1. The summed E-state index contributed by atoms with van der Waals surface area (Å²) >= 11 is 0. The van der Waals surface area contributed by atoms with Crippen molar-refractivity contribution in [3.8, 4) is 0 Å². The Hall–Kier alpha value is -1.43. The third-order valence-electron chi connectivity index (χ3n) is 2.59. The molecule has 1 heterocycles. The predicted molar refractivity (Wildman–Crippen MR) is 68.0 cm³/mol. The largest absolute Gasteiger partial charge is 0.396 e. The first kappa shape index (κ1) is 14.6. The Morgan fingerprint density at radius 1 is 1.39 bits per heavy atom. The summed E-state index contributed by atoms with van der Waals surface area (Å²) in [7, 11) is 0. The fourth-order valence-electron chi connectivity index (χ4n) is 1.78. The molecule has 0 aliphatic heterocycles. The van der Waals surface area contributed by atoms with Crippen molar-refractivity contribution in [2.45, 2.75) is 39.7 Å². The van der Waals surface area contributed by atoms with Gasteiger partial charge in [0.15, 0.2) is 0 Å². The van der Waals surface area contributed by atoms with Gasteiger partial charge in [-0.25, -0.2) is 4.68 Å². The van der Waals surface area contributed by atoms with E-state index in [0.29, 0.717) is 12.1 Å². The molecule has 0 fully saturated rings. The topological polar surface area (TPSA) is 71.2 Å². The molecule has 0 aliphatic carbocycles. The van der Waals surface area contributed by atoms with E-state index in [4.69, 9.17) is 5.11 Å². The fraction of sp³-hybridized carbons (Fsp3) is 0.750. The molecular formula is C12H22N4O2. The molecule has 0 aliphatic rings. The number of carbonyl (C=O) groups is 1. The maximum Gasteiger partial charge on any atom is 0.244 e. The summed E-state index contributed by atoms with van der Waals surface area (Å²) in [6.07, 6.45) is 4.10. The van der Waals surface area contributed by atoms with Crippen LogP contribution in [0, 0.1) is 0 Å². The summed E-state index contributed by atoms with van der Waals surface area (Å²) < 4.78 is 1.53. The van der Waals surface area contributed by atoms with Crippen molar-refractivity contribution in [2.24, 2.45) is 0 Å². The Morgan fingerprint density at radius 2 is 2.06 bits per heavy atom. The van der Waals surface area contributed by atoms with Crippen molar-refractivity contribution < 1.29 is 9.90 Å². The van der Waals surface area contributed by atoms with Gasteiger partial charge in [-0.05, 0) is 12.8 Å². The van der Waals surface area contributed by atoms with Crippen LogP contribution in [0.3, 0.4) is 0 Å². The zero-order valence-electron chi connectivity index (χ0n) is 11.2. The molecule has 1 aromatic rings. The number of rotatable bonds is 8. The van der Waals surface area contributed by atoms with E-state index in [2.05, 4.69) is 24.2 Å². The molecule has 0 unspecified atom stereocenters. The van der Waals surface area contributed by atoms with Gasteiger partial charge < -0.3 is 10.0 Å². The normalized spacial score (nSPS) is 10.6.